The van der Waals surface area contributed by atoms with Crippen LogP contribution in [0.15, 0.2) is 78.2 Å². The van der Waals surface area contributed by atoms with Crippen LogP contribution < -0.4 is 9.47 Å². The van der Waals surface area contributed by atoms with Gasteiger partial charge in [0, 0.05) is 15.6 Å². The second-order valence-corrected chi connectivity index (χ2v) is 9.88. The van der Waals surface area contributed by atoms with Crippen LogP contribution in [-0.4, -0.2) is 23.2 Å². The Morgan fingerprint density at radius 1 is 1.00 bits per heavy atom. The highest BCUT2D eigenvalue weighted by atomic mass is 35.5. The molecule has 8 heteroatoms. The van der Waals surface area contributed by atoms with Gasteiger partial charge >= 0.3 is 0 Å². The summed E-state index contributed by atoms with van der Waals surface area (Å²) in [5.41, 5.74) is 3.31. The number of allylic oxidation sites excluding steroid dienone is 1. The van der Waals surface area contributed by atoms with Crippen LogP contribution in [0.2, 0.25) is 10.0 Å². The Balaban J connectivity index is 1.59. The summed E-state index contributed by atoms with van der Waals surface area (Å²) in [7, 11) is 1.56. The summed E-state index contributed by atoms with van der Waals surface area (Å²) < 4.78 is 11.7. The molecule has 0 bridgehead atoms. The standard InChI is InChI=1S/C28H23Cl2NO4S/c1-3-5-21-12-20(14-24(34-2)26(21)35-17-18-8-10-22(29)11-9-18)15-25-27(32)31(28(33)36-25)16-19-6-4-7-23(30)13-19/h3-4,6-15H,1,5,16-17H2,2H3/b25-15-. The molecular formula is C28H23Cl2NO4S. The molecule has 0 radical (unpaired) electrons. The molecule has 0 N–H and O–H groups in total. The Morgan fingerprint density at radius 3 is 2.47 bits per heavy atom. The van der Waals surface area contributed by atoms with E-state index in [0.717, 1.165) is 34.0 Å². The molecule has 4 rings (SSSR count). The molecule has 0 unspecified atom stereocenters. The highest BCUT2D eigenvalue weighted by Gasteiger charge is 2.35. The Bertz CT molecular complexity index is 1340. The van der Waals surface area contributed by atoms with Crippen molar-refractivity contribution in [2.24, 2.45) is 0 Å². The van der Waals surface area contributed by atoms with Crippen molar-refractivity contribution in [2.75, 3.05) is 7.11 Å². The van der Waals surface area contributed by atoms with Gasteiger partial charge < -0.3 is 9.47 Å². The van der Waals surface area contributed by atoms with Crippen molar-refractivity contribution >= 4 is 52.2 Å². The molecule has 36 heavy (non-hydrogen) atoms. The molecule has 0 atom stereocenters. The second kappa shape index (κ2) is 11.7. The fourth-order valence-corrected chi connectivity index (χ4v) is 4.91. The molecule has 1 aliphatic rings. The first kappa shape index (κ1) is 25.9. The zero-order valence-electron chi connectivity index (χ0n) is 19.5. The molecule has 184 valence electrons. The molecule has 0 spiro atoms. The molecule has 1 fully saturated rings. The Morgan fingerprint density at radius 2 is 1.78 bits per heavy atom. The summed E-state index contributed by atoms with van der Waals surface area (Å²) >= 11 is 12.9. The van der Waals surface area contributed by atoms with Gasteiger partial charge in [-0.25, -0.2) is 0 Å². The summed E-state index contributed by atoms with van der Waals surface area (Å²) in [4.78, 5) is 27.2. The lowest BCUT2D eigenvalue weighted by atomic mass is 10.0. The molecule has 2 amide bonds. The number of benzene rings is 3. The predicted octanol–water partition coefficient (Wildman–Crippen LogP) is 7.55. The number of ether oxygens (including phenoxy) is 2. The van der Waals surface area contributed by atoms with E-state index in [9.17, 15) is 9.59 Å². The monoisotopic (exact) mass is 539 g/mol. The maximum absolute atomic E-state index is 13.0. The van der Waals surface area contributed by atoms with E-state index in [1.165, 1.54) is 4.90 Å². The predicted molar refractivity (Wildman–Crippen MR) is 146 cm³/mol. The van der Waals surface area contributed by atoms with E-state index in [1.807, 2.05) is 36.4 Å². The lowest BCUT2D eigenvalue weighted by molar-refractivity contribution is -0.123. The first-order valence-corrected chi connectivity index (χ1v) is 12.6. The number of amides is 2. The van der Waals surface area contributed by atoms with Crippen molar-refractivity contribution in [3.8, 4) is 11.5 Å². The van der Waals surface area contributed by atoms with E-state index in [0.29, 0.717) is 39.5 Å². The minimum atomic E-state index is -0.350. The second-order valence-electron chi connectivity index (χ2n) is 8.02. The number of thioether (sulfide) groups is 1. The maximum atomic E-state index is 13.0. The van der Waals surface area contributed by atoms with Crippen molar-refractivity contribution in [1.29, 1.82) is 0 Å². The number of methoxy groups -OCH3 is 1. The van der Waals surface area contributed by atoms with Crippen LogP contribution in [0.5, 0.6) is 11.5 Å². The van der Waals surface area contributed by atoms with Crippen molar-refractivity contribution in [1.82, 2.24) is 4.90 Å². The average Bonchev–Trinajstić information content (AvgIpc) is 3.11. The van der Waals surface area contributed by atoms with Gasteiger partial charge in [0.05, 0.1) is 18.6 Å². The van der Waals surface area contributed by atoms with Gasteiger partial charge in [0.15, 0.2) is 11.5 Å². The number of carbonyl (C=O) groups excluding carboxylic acids is 2. The topological polar surface area (TPSA) is 55.8 Å². The molecule has 0 aromatic heterocycles. The molecule has 1 heterocycles. The first-order chi connectivity index (χ1) is 17.4. The third kappa shape index (κ3) is 6.13. The number of rotatable bonds is 9. The van der Waals surface area contributed by atoms with Gasteiger partial charge in [0.2, 0.25) is 0 Å². The highest BCUT2D eigenvalue weighted by Crippen LogP contribution is 2.38. The van der Waals surface area contributed by atoms with Crippen molar-refractivity contribution in [3.05, 3.63) is 111 Å². The van der Waals surface area contributed by atoms with Gasteiger partial charge in [-0.15, -0.1) is 6.58 Å². The molecule has 1 saturated heterocycles. The Kier molecular flexibility index (Phi) is 8.41. The van der Waals surface area contributed by atoms with E-state index in [1.54, 1.807) is 43.5 Å². The van der Waals surface area contributed by atoms with Crippen molar-refractivity contribution < 1.29 is 19.1 Å². The van der Waals surface area contributed by atoms with Crippen LogP contribution in [0.1, 0.15) is 22.3 Å². The van der Waals surface area contributed by atoms with Crippen LogP contribution >= 0.6 is 35.0 Å². The van der Waals surface area contributed by atoms with E-state index in [4.69, 9.17) is 32.7 Å². The maximum Gasteiger partial charge on any atom is 0.293 e. The zero-order chi connectivity index (χ0) is 25.7. The van der Waals surface area contributed by atoms with E-state index < -0.39 is 0 Å². The molecule has 5 nitrogen and oxygen atoms in total. The average molecular weight is 540 g/mol. The van der Waals surface area contributed by atoms with E-state index in [-0.39, 0.29) is 17.7 Å². The van der Waals surface area contributed by atoms with Gasteiger partial charge in [0.25, 0.3) is 11.1 Å². The summed E-state index contributed by atoms with van der Waals surface area (Å²) in [5, 5.41) is 0.882. The van der Waals surface area contributed by atoms with Crippen LogP contribution in [0.4, 0.5) is 4.79 Å². The van der Waals surface area contributed by atoms with E-state index >= 15 is 0 Å². The summed E-state index contributed by atoms with van der Waals surface area (Å²) in [6.07, 6.45) is 4.00. The number of hydrogen-bond acceptors (Lipinski definition) is 5. The zero-order valence-corrected chi connectivity index (χ0v) is 21.8. The van der Waals surface area contributed by atoms with Gasteiger partial charge in [0.1, 0.15) is 6.61 Å². The molecule has 1 aliphatic heterocycles. The van der Waals surface area contributed by atoms with Crippen molar-refractivity contribution in [3.63, 3.8) is 0 Å². The quantitative estimate of drug-likeness (QED) is 0.207. The van der Waals surface area contributed by atoms with Gasteiger partial charge in [-0.3, -0.25) is 14.5 Å². The van der Waals surface area contributed by atoms with Crippen LogP contribution in [0.3, 0.4) is 0 Å². The van der Waals surface area contributed by atoms with E-state index in [2.05, 4.69) is 6.58 Å². The van der Waals surface area contributed by atoms with Crippen LogP contribution in [0, 0.1) is 0 Å². The number of hydrogen-bond donors (Lipinski definition) is 0. The number of halogens is 2. The fraction of sp³-hybridized carbons (Fsp3) is 0.143. The fourth-order valence-electron chi connectivity index (χ4n) is 3.73. The lowest BCUT2D eigenvalue weighted by Gasteiger charge is -2.16. The Labute approximate surface area is 224 Å². The summed E-state index contributed by atoms with van der Waals surface area (Å²) in [5.74, 6) is 0.767. The largest absolute Gasteiger partial charge is 0.493 e. The van der Waals surface area contributed by atoms with Gasteiger partial charge in [-0.1, -0.05) is 53.5 Å². The minimum absolute atomic E-state index is 0.158. The third-order valence-electron chi connectivity index (χ3n) is 5.44. The molecular weight excluding hydrogens is 517 g/mol. The lowest BCUT2D eigenvalue weighted by Crippen LogP contribution is -2.27. The molecule has 0 aliphatic carbocycles. The van der Waals surface area contributed by atoms with Gasteiger partial charge in [-0.05, 0) is 77.3 Å². The normalized spacial score (nSPS) is 14.4. The smallest absolute Gasteiger partial charge is 0.293 e. The van der Waals surface area contributed by atoms with Crippen LogP contribution in [0.25, 0.3) is 6.08 Å². The SMILES string of the molecule is C=CCc1cc(/C=C2\SC(=O)N(Cc3cccc(Cl)c3)C2=O)cc(OC)c1OCc1ccc(Cl)cc1. The van der Waals surface area contributed by atoms with Crippen LogP contribution in [-0.2, 0) is 24.4 Å². The number of carbonyl (C=O) groups is 2. The number of nitrogens with zero attached hydrogens (tertiary/aromatic N) is 1. The first-order valence-electron chi connectivity index (χ1n) is 11.1. The molecule has 3 aromatic carbocycles. The van der Waals surface area contributed by atoms with Crippen molar-refractivity contribution in [2.45, 2.75) is 19.6 Å². The Hall–Kier alpha value is -3.19. The number of imide groups is 1. The third-order valence-corrected chi connectivity index (χ3v) is 6.83. The minimum Gasteiger partial charge on any atom is -0.493 e. The molecule has 0 saturated carbocycles. The summed E-state index contributed by atoms with van der Waals surface area (Å²) in [6, 6.07) is 18.2. The molecule has 3 aromatic rings. The summed E-state index contributed by atoms with van der Waals surface area (Å²) in [6.45, 7) is 4.34. The van der Waals surface area contributed by atoms with Gasteiger partial charge in [-0.2, -0.15) is 0 Å². The highest BCUT2D eigenvalue weighted by molar-refractivity contribution is 8.18.